The highest BCUT2D eigenvalue weighted by Gasteiger charge is 2.18. The predicted octanol–water partition coefficient (Wildman–Crippen LogP) is 3.43. The fraction of sp³-hybridized carbons (Fsp3) is 0.133. The van der Waals surface area contributed by atoms with Crippen LogP contribution in [-0.4, -0.2) is 19.9 Å². The van der Waals surface area contributed by atoms with Crippen LogP contribution in [0.1, 0.15) is 16.9 Å². The molecular formula is C15H13ClN2O3. The fourth-order valence-electron chi connectivity index (χ4n) is 2.17. The van der Waals surface area contributed by atoms with E-state index in [0.29, 0.717) is 28.6 Å². The summed E-state index contributed by atoms with van der Waals surface area (Å²) >= 11 is 5.85. The first-order chi connectivity index (χ1) is 10.0. The van der Waals surface area contributed by atoms with E-state index in [-0.39, 0.29) is 11.8 Å². The smallest absolute Gasteiger partial charge is 0.203 e. The summed E-state index contributed by atoms with van der Waals surface area (Å²) in [6.45, 7) is 1.74. The van der Waals surface area contributed by atoms with Crippen LogP contribution in [0.2, 0.25) is 5.02 Å². The van der Waals surface area contributed by atoms with Gasteiger partial charge in [-0.3, -0.25) is 0 Å². The van der Waals surface area contributed by atoms with E-state index in [1.165, 1.54) is 10.6 Å². The van der Waals surface area contributed by atoms with Gasteiger partial charge in [-0.05, 0) is 24.6 Å². The number of rotatable bonds is 3. The summed E-state index contributed by atoms with van der Waals surface area (Å²) in [5, 5.41) is 24.7. The number of aryl methyl sites for hydroxylation is 1. The van der Waals surface area contributed by atoms with Crippen molar-refractivity contribution in [1.82, 2.24) is 9.72 Å². The van der Waals surface area contributed by atoms with Crippen molar-refractivity contribution in [2.24, 2.45) is 0 Å². The van der Waals surface area contributed by atoms with Gasteiger partial charge in [0.15, 0.2) is 11.7 Å². The van der Waals surface area contributed by atoms with Crippen molar-refractivity contribution in [2.75, 3.05) is 0 Å². The van der Waals surface area contributed by atoms with Crippen LogP contribution < -0.4 is 0 Å². The van der Waals surface area contributed by atoms with Crippen LogP contribution in [0.5, 0.6) is 11.8 Å². The summed E-state index contributed by atoms with van der Waals surface area (Å²) in [5.74, 6) is 0.780. The predicted molar refractivity (Wildman–Crippen MR) is 78.2 cm³/mol. The van der Waals surface area contributed by atoms with Crippen LogP contribution in [-0.2, 0) is 6.42 Å². The second-order valence-corrected chi connectivity index (χ2v) is 5.22. The Bertz CT molecular complexity index is 775. The molecule has 108 valence electrons. The van der Waals surface area contributed by atoms with E-state index in [9.17, 15) is 10.2 Å². The minimum absolute atomic E-state index is 0.0595. The summed E-state index contributed by atoms with van der Waals surface area (Å²) in [6.07, 6.45) is 0.473. The molecule has 2 N–H and O–H groups in total. The number of hydrogen-bond donors (Lipinski definition) is 2. The summed E-state index contributed by atoms with van der Waals surface area (Å²) in [7, 11) is 0. The lowest BCUT2D eigenvalue weighted by molar-refractivity contribution is 0.374. The molecule has 6 heteroatoms. The Morgan fingerprint density at radius 1 is 1.19 bits per heavy atom. The zero-order chi connectivity index (χ0) is 15.0. The lowest BCUT2D eigenvalue weighted by Crippen LogP contribution is -1.93. The van der Waals surface area contributed by atoms with Gasteiger partial charge >= 0.3 is 0 Å². The third-order valence-electron chi connectivity index (χ3n) is 3.18. The quantitative estimate of drug-likeness (QED) is 0.777. The molecule has 0 aliphatic rings. The molecule has 0 fully saturated rings. The van der Waals surface area contributed by atoms with Crippen LogP contribution >= 0.6 is 11.6 Å². The van der Waals surface area contributed by atoms with Gasteiger partial charge in [0.2, 0.25) is 5.88 Å². The number of benzene rings is 1. The Morgan fingerprint density at radius 2 is 1.90 bits per heavy atom. The van der Waals surface area contributed by atoms with Crippen LogP contribution in [0.3, 0.4) is 0 Å². The van der Waals surface area contributed by atoms with E-state index in [0.717, 1.165) is 5.56 Å². The van der Waals surface area contributed by atoms with Crippen molar-refractivity contribution in [3.63, 3.8) is 0 Å². The van der Waals surface area contributed by atoms with Gasteiger partial charge in [0.25, 0.3) is 0 Å². The molecule has 0 amide bonds. The van der Waals surface area contributed by atoms with Gasteiger partial charge in [-0.25, -0.2) is 4.57 Å². The Balaban J connectivity index is 1.96. The molecule has 2 aromatic heterocycles. The standard InChI is InChI=1S/C15H13ClN2O3/c1-9-6-13(17-21-9)18-14(19)8-11(15(18)20)7-10-2-4-12(16)5-3-10/h2-6,8,19-20H,7H2,1H3. The molecule has 3 aromatic rings. The third kappa shape index (κ3) is 2.60. The summed E-state index contributed by atoms with van der Waals surface area (Å²) in [6, 6.07) is 10.4. The first kappa shape index (κ1) is 13.6. The Hall–Kier alpha value is -2.40. The van der Waals surface area contributed by atoms with Crippen LogP contribution in [0.4, 0.5) is 0 Å². The van der Waals surface area contributed by atoms with Crippen molar-refractivity contribution < 1.29 is 14.7 Å². The van der Waals surface area contributed by atoms with Crippen molar-refractivity contribution in [2.45, 2.75) is 13.3 Å². The average molecular weight is 305 g/mol. The third-order valence-corrected chi connectivity index (χ3v) is 3.44. The van der Waals surface area contributed by atoms with Crippen LogP contribution in [0.15, 0.2) is 40.9 Å². The largest absolute Gasteiger partial charge is 0.494 e. The average Bonchev–Trinajstić information content (AvgIpc) is 2.97. The minimum Gasteiger partial charge on any atom is -0.494 e. The Morgan fingerprint density at radius 3 is 2.52 bits per heavy atom. The molecule has 21 heavy (non-hydrogen) atoms. The van der Waals surface area contributed by atoms with E-state index in [1.807, 2.05) is 12.1 Å². The second-order valence-electron chi connectivity index (χ2n) is 4.79. The molecule has 0 bridgehead atoms. The molecule has 5 nitrogen and oxygen atoms in total. The van der Waals surface area contributed by atoms with E-state index in [2.05, 4.69) is 5.16 Å². The second kappa shape index (κ2) is 5.18. The molecule has 0 saturated heterocycles. The minimum atomic E-state index is -0.0928. The molecule has 0 aliphatic heterocycles. The van der Waals surface area contributed by atoms with Gasteiger partial charge < -0.3 is 14.7 Å². The molecule has 0 unspecified atom stereocenters. The summed E-state index contributed by atoms with van der Waals surface area (Å²) < 4.78 is 6.20. The molecule has 0 aliphatic carbocycles. The molecule has 0 spiro atoms. The van der Waals surface area contributed by atoms with Crippen molar-refractivity contribution in [3.8, 4) is 17.6 Å². The number of aromatic nitrogens is 2. The van der Waals surface area contributed by atoms with Crippen molar-refractivity contribution in [3.05, 3.63) is 58.3 Å². The summed E-state index contributed by atoms with van der Waals surface area (Å²) in [4.78, 5) is 0. The SMILES string of the molecule is Cc1cc(-n2c(O)cc(Cc3ccc(Cl)cc3)c2O)no1. The van der Waals surface area contributed by atoms with Crippen molar-refractivity contribution in [1.29, 1.82) is 0 Å². The molecule has 0 atom stereocenters. The molecule has 1 aromatic carbocycles. The zero-order valence-corrected chi connectivity index (χ0v) is 12.0. The highest BCUT2D eigenvalue weighted by atomic mass is 35.5. The van der Waals surface area contributed by atoms with Crippen LogP contribution in [0, 0.1) is 6.92 Å². The van der Waals surface area contributed by atoms with Gasteiger partial charge in [-0.1, -0.05) is 28.9 Å². The maximum absolute atomic E-state index is 10.3. The van der Waals surface area contributed by atoms with E-state index >= 15 is 0 Å². The molecule has 2 heterocycles. The number of nitrogens with zero attached hydrogens (tertiary/aromatic N) is 2. The lowest BCUT2D eigenvalue weighted by Gasteiger charge is -2.03. The molecule has 3 rings (SSSR count). The first-order valence-electron chi connectivity index (χ1n) is 6.35. The van der Waals surface area contributed by atoms with Gasteiger partial charge in [-0.2, -0.15) is 0 Å². The monoisotopic (exact) mass is 304 g/mol. The van der Waals surface area contributed by atoms with Gasteiger partial charge in [0, 0.05) is 29.1 Å². The Kier molecular flexibility index (Phi) is 3.35. The number of halogens is 1. The maximum Gasteiger partial charge on any atom is 0.203 e. The van der Waals surface area contributed by atoms with Gasteiger partial charge in [0.1, 0.15) is 5.76 Å². The van der Waals surface area contributed by atoms with E-state index in [1.54, 1.807) is 25.1 Å². The first-order valence-corrected chi connectivity index (χ1v) is 6.73. The normalized spacial score (nSPS) is 11.0. The summed E-state index contributed by atoms with van der Waals surface area (Å²) in [5.41, 5.74) is 1.57. The maximum atomic E-state index is 10.3. The molecule has 0 saturated carbocycles. The van der Waals surface area contributed by atoms with E-state index < -0.39 is 0 Å². The molecular weight excluding hydrogens is 292 g/mol. The van der Waals surface area contributed by atoms with Crippen molar-refractivity contribution >= 4 is 11.6 Å². The molecule has 0 radical (unpaired) electrons. The highest BCUT2D eigenvalue weighted by molar-refractivity contribution is 6.30. The fourth-order valence-corrected chi connectivity index (χ4v) is 2.30. The zero-order valence-electron chi connectivity index (χ0n) is 11.2. The van der Waals surface area contributed by atoms with Gasteiger partial charge in [-0.15, -0.1) is 0 Å². The van der Waals surface area contributed by atoms with Gasteiger partial charge in [0.05, 0.1) is 0 Å². The lowest BCUT2D eigenvalue weighted by atomic mass is 10.1. The number of hydrogen-bond acceptors (Lipinski definition) is 4. The Labute approximate surface area is 126 Å². The highest BCUT2D eigenvalue weighted by Crippen LogP contribution is 2.32. The van der Waals surface area contributed by atoms with Crippen LogP contribution in [0.25, 0.3) is 5.82 Å². The topological polar surface area (TPSA) is 71.4 Å². The number of aromatic hydroxyl groups is 2. The van der Waals surface area contributed by atoms with E-state index in [4.69, 9.17) is 16.1 Å².